The normalized spacial score (nSPS) is 14.0. The first-order chi connectivity index (χ1) is 13.8. The molecule has 0 atom stereocenters. The smallest absolute Gasteiger partial charge is 0.255 e. The molecule has 1 aliphatic rings. The lowest BCUT2D eigenvalue weighted by Gasteiger charge is -2.32. The van der Waals surface area contributed by atoms with Gasteiger partial charge in [0.05, 0.1) is 5.75 Å². The minimum absolute atomic E-state index is 0.104. The highest BCUT2D eigenvalue weighted by Gasteiger charge is 2.21. The zero-order chi connectivity index (χ0) is 21.0. The molecule has 1 aliphatic heterocycles. The SMILES string of the molecule is CN(C)S(=O)(=O)CCCN1CCCc2c(NC(=O)c3ccc(F)cc3)cccc21. The van der Waals surface area contributed by atoms with Crippen molar-refractivity contribution in [3.05, 3.63) is 59.4 Å². The van der Waals surface area contributed by atoms with Gasteiger partial charge >= 0.3 is 0 Å². The summed E-state index contributed by atoms with van der Waals surface area (Å²) in [7, 11) is -0.125. The molecule has 0 aromatic heterocycles. The first-order valence-corrected chi connectivity index (χ1v) is 11.2. The van der Waals surface area contributed by atoms with Crippen molar-refractivity contribution in [2.75, 3.05) is 43.2 Å². The predicted molar refractivity (Wildman–Crippen MR) is 113 cm³/mol. The van der Waals surface area contributed by atoms with Gasteiger partial charge in [0.2, 0.25) is 10.0 Å². The van der Waals surface area contributed by atoms with Crippen LogP contribution in [0.3, 0.4) is 0 Å². The highest BCUT2D eigenvalue weighted by molar-refractivity contribution is 7.89. The summed E-state index contributed by atoms with van der Waals surface area (Å²) in [4.78, 5) is 14.7. The second-order valence-electron chi connectivity index (χ2n) is 7.31. The molecular formula is C21H26FN3O3S. The van der Waals surface area contributed by atoms with E-state index in [1.165, 1.54) is 28.6 Å². The number of fused-ring (bicyclic) bond motifs is 1. The second kappa shape index (κ2) is 8.92. The van der Waals surface area contributed by atoms with Crippen LogP contribution in [0.4, 0.5) is 15.8 Å². The van der Waals surface area contributed by atoms with Gasteiger partial charge in [-0.1, -0.05) is 6.07 Å². The minimum atomic E-state index is -3.21. The van der Waals surface area contributed by atoms with E-state index in [-0.39, 0.29) is 17.5 Å². The standard InChI is InChI=1S/C21H26FN3O3S/c1-24(2)29(27,28)15-5-14-25-13-4-6-18-19(7-3-8-20(18)25)23-21(26)16-9-11-17(22)12-10-16/h3,7-12H,4-6,13-15H2,1-2H3,(H,23,26). The van der Waals surface area contributed by atoms with Gasteiger partial charge in [-0.25, -0.2) is 17.1 Å². The van der Waals surface area contributed by atoms with Crippen LogP contribution >= 0.6 is 0 Å². The van der Waals surface area contributed by atoms with Crippen molar-refractivity contribution >= 4 is 27.3 Å². The fourth-order valence-electron chi connectivity index (χ4n) is 3.47. The number of amides is 1. The van der Waals surface area contributed by atoms with Crippen molar-refractivity contribution in [3.63, 3.8) is 0 Å². The van der Waals surface area contributed by atoms with E-state index in [9.17, 15) is 17.6 Å². The Kier molecular flexibility index (Phi) is 6.54. The third-order valence-corrected chi connectivity index (χ3v) is 7.01. The average Bonchev–Trinajstić information content (AvgIpc) is 2.69. The molecular weight excluding hydrogens is 393 g/mol. The zero-order valence-corrected chi connectivity index (χ0v) is 17.5. The Hall–Kier alpha value is -2.45. The van der Waals surface area contributed by atoms with E-state index in [2.05, 4.69) is 10.2 Å². The molecule has 8 heteroatoms. The molecule has 1 amide bonds. The highest BCUT2D eigenvalue weighted by Crippen LogP contribution is 2.33. The Balaban J connectivity index is 1.72. The summed E-state index contributed by atoms with van der Waals surface area (Å²) in [5, 5.41) is 2.93. The number of benzene rings is 2. The van der Waals surface area contributed by atoms with Crippen molar-refractivity contribution in [3.8, 4) is 0 Å². The Morgan fingerprint density at radius 1 is 1.17 bits per heavy atom. The minimum Gasteiger partial charge on any atom is -0.371 e. The van der Waals surface area contributed by atoms with Crippen LogP contribution in [0.5, 0.6) is 0 Å². The van der Waals surface area contributed by atoms with Crippen molar-refractivity contribution in [1.29, 1.82) is 0 Å². The van der Waals surface area contributed by atoms with Gasteiger partial charge in [-0.2, -0.15) is 0 Å². The average molecular weight is 420 g/mol. The van der Waals surface area contributed by atoms with Crippen molar-refractivity contribution in [1.82, 2.24) is 4.31 Å². The molecule has 0 radical (unpaired) electrons. The summed E-state index contributed by atoms with van der Waals surface area (Å²) in [6.07, 6.45) is 2.30. The highest BCUT2D eigenvalue weighted by atomic mass is 32.2. The van der Waals surface area contributed by atoms with Crippen molar-refractivity contribution < 1.29 is 17.6 Å². The lowest BCUT2D eigenvalue weighted by Crippen LogP contribution is -2.33. The molecule has 2 aromatic carbocycles. The monoisotopic (exact) mass is 419 g/mol. The van der Waals surface area contributed by atoms with E-state index in [0.717, 1.165) is 36.3 Å². The lowest BCUT2D eigenvalue weighted by atomic mass is 9.99. The molecule has 1 heterocycles. The first-order valence-electron chi connectivity index (χ1n) is 9.62. The molecule has 2 aromatic rings. The van der Waals surface area contributed by atoms with Gasteiger partial charge in [-0.15, -0.1) is 0 Å². The fourth-order valence-corrected chi connectivity index (χ4v) is 4.33. The molecule has 0 fully saturated rings. The lowest BCUT2D eigenvalue weighted by molar-refractivity contribution is 0.102. The second-order valence-corrected chi connectivity index (χ2v) is 9.61. The number of nitrogens with zero attached hydrogens (tertiary/aromatic N) is 2. The van der Waals surface area contributed by atoms with E-state index < -0.39 is 10.0 Å². The molecule has 0 unspecified atom stereocenters. The maximum absolute atomic E-state index is 13.1. The molecule has 3 rings (SSSR count). The quantitative estimate of drug-likeness (QED) is 0.749. The van der Waals surface area contributed by atoms with Gasteiger partial charge < -0.3 is 10.2 Å². The molecule has 6 nitrogen and oxygen atoms in total. The third kappa shape index (κ3) is 5.13. The summed E-state index contributed by atoms with van der Waals surface area (Å²) in [5.41, 5.74) is 3.20. The maximum atomic E-state index is 13.1. The fraction of sp³-hybridized carbons (Fsp3) is 0.381. The number of halogens is 1. The van der Waals surface area contributed by atoms with Gasteiger partial charge in [0.15, 0.2) is 0 Å². The van der Waals surface area contributed by atoms with Gasteiger partial charge in [0.25, 0.3) is 5.91 Å². The Morgan fingerprint density at radius 2 is 1.90 bits per heavy atom. The van der Waals surface area contributed by atoms with Gasteiger partial charge in [-0.05, 0) is 61.2 Å². The Bertz CT molecular complexity index is 975. The van der Waals surface area contributed by atoms with Crippen LogP contribution in [0.25, 0.3) is 0 Å². The van der Waals surface area contributed by atoms with E-state index >= 15 is 0 Å². The van der Waals surface area contributed by atoms with Crippen LogP contribution in [0.1, 0.15) is 28.8 Å². The van der Waals surface area contributed by atoms with Crippen LogP contribution in [0.2, 0.25) is 0 Å². The number of hydrogen-bond donors (Lipinski definition) is 1. The Morgan fingerprint density at radius 3 is 2.59 bits per heavy atom. The number of sulfonamides is 1. The number of anilines is 2. The molecule has 0 spiro atoms. The van der Waals surface area contributed by atoms with Gasteiger partial charge in [0, 0.05) is 44.1 Å². The summed E-state index contributed by atoms with van der Waals surface area (Å²) >= 11 is 0. The topological polar surface area (TPSA) is 69.7 Å². The van der Waals surface area contributed by atoms with Gasteiger partial charge in [-0.3, -0.25) is 4.79 Å². The van der Waals surface area contributed by atoms with Crippen LogP contribution in [0, 0.1) is 5.82 Å². The number of carbonyl (C=O) groups is 1. The van der Waals surface area contributed by atoms with E-state index in [1.54, 1.807) is 14.1 Å². The summed E-state index contributed by atoms with van der Waals surface area (Å²) in [6.45, 7) is 1.49. The molecule has 156 valence electrons. The number of rotatable bonds is 7. The van der Waals surface area contributed by atoms with Crippen LogP contribution < -0.4 is 10.2 Å². The largest absolute Gasteiger partial charge is 0.371 e. The summed E-state index contributed by atoms with van der Waals surface area (Å²) in [6, 6.07) is 11.2. The van der Waals surface area contributed by atoms with E-state index in [4.69, 9.17) is 0 Å². The summed E-state index contributed by atoms with van der Waals surface area (Å²) < 4.78 is 38.3. The predicted octanol–water partition coefficient (Wildman–Crippen LogP) is 3.11. The van der Waals surface area contributed by atoms with E-state index in [1.807, 2.05) is 18.2 Å². The van der Waals surface area contributed by atoms with Crippen LogP contribution in [-0.4, -0.2) is 51.6 Å². The van der Waals surface area contributed by atoms with Crippen molar-refractivity contribution in [2.24, 2.45) is 0 Å². The molecule has 0 saturated carbocycles. The molecule has 0 bridgehead atoms. The number of carbonyl (C=O) groups excluding carboxylic acids is 1. The molecule has 0 saturated heterocycles. The van der Waals surface area contributed by atoms with Gasteiger partial charge in [0.1, 0.15) is 5.82 Å². The number of nitrogens with one attached hydrogen (secondary N) is 1. The first kappa shape index (κ1) is 21.3. The maximum Gasteiger partial charge on any atom is 0.255 e. The molecule has 29 heavy (non-hydrogen) atoms. The molecule has 0 aliphatic carbocycles. The van der Waals surface area contributed by atoms with Crippen LogP contribution in [0.15, 0.2) is 42.5 Å². The number of hydrogen-bond acceptors (Lipinski definition) is 4. The van der Waals surface area contributed by atoms with Crippen molar-refractivity contribution in [2.45, 2.75) is 19.3 Å². The Labute approximate surface area is 171 Å². The van der Waals surface area contributed by atoms with E-state index in [0.29, 0.717) is 18.5 Å². The summed E-state index contributed by atoms with van der Waals surface area (Å²) in [5.74, 6) is -0.564. The zero-order valence-electron chi connectivity index (χ0n) is 16.7. The third-order valence-electron chi connectivity index (χ3n) is 5.09. The molecule has 1 N–H and O–H groups in total. The van der Waals surface area contributed by atoms with Crippen LogP contribution in [-0.2, 0) is 16.4 Å².